The molecule has 5 heteroatoms. The Labute approximate surface area is 125 Å². The Morgan fingerprint density at radius 2 is 2.00 bits per heavy atom. The molecular formula is C15H25NO3S. The average molecular weight is 299 g/mol. The lowest BCUT2D eigenvalue weighted by molar-refractivity contribution is -0.155. The maximum Gasteiger partial charge on any atom is 0.309 e. The number of hydrogen-bond donors (Lipinski definition) is 1. The summed E-state index contributed by atoms with van der Waals surface area (Å²) < 4.78 is 0. The van der Waals surface area contributed by atoms with Crippen molar-refractivity contribution < 1.29 is 14.7 Å². The quantitative estimate of drug-likeness (QED) is 0.867. The molecule has 2 aliphatic rings. The van der Waals surface area contributed by atoms with E-state index in [4.69, 9.17) is 0 Å². The summed E-state index contributed by atoms with van der Waals surface area (Å²) in [6, 6.07) is 0. The van der Waals surface area contributed by atoms with Crippen LogP contribution in [0.5, 0.6) is 0 Å². The number of rotatable bonds is 4. The van der Waals surface area contributed by atoms with Crippen LogP contribution in [0.25, 0.3) is 0 Å². The van der Waals surface area contributed by atoms with E-state index in [-0.39, 0.29) is 11.2 Å². The molecule has 2 aliphatic heterocycles. The van der Waals surface area contributed by atoms with Crippen LogP contribution in [-0.4, -0.2) is 46.0 Å². The van der Waals surface area contributed by atoms with Gasteiger partial charge in [-0.1, -0.05) is 19.8 Å². The molecule has 1 unspecified atom stereocenters. The lowest BCUT2D eigenvalue weighted by atomic mass is 9.75. The van der Waals surface area contributed by atoms with Gasteiger partial charge in [0.15, 0.2) is 0 Å². The van der Waals surface area contributed by atoms with Crippen LogP contribution in [0.15, 0.2) is 0 Å². The molecule has 0 aromatic rings. The Balaban J connectivity index is 1.92. The molecular weight excluding hydrogens is 274 g/mol. The van der Waals surface area contributed by atoms with Crippen LogP contribution in [0.4, 0.5) is 0 Å². The molecule has 20 heavy (non-hydrogen) atoms. The van der Waals surface area contributed by atoms with Crippen LogP contribution in [0.3, 0.4) is 0 Å². The van der Waals surface area contributed by atoms with Crippen molar-refractivity contribution in [1.82, 2.24) is 4.90 Å². The van der Waals surface area contributed by atoms with Crippen molar-refractivity contribution >= 4 is 23.6 Å². The first kappa shape index (κ1) is 15.7. The van der Waals surface area contributed by atoms with Gasteiger partial charge in [0.1, 0.15) is 0 Å². The van der Waals surface area contributed by atoms with Crippen molar-refractivity contribution in [3.05, 3.63) is 0 Å². The zero-order chi connectivity index (χ0) is 14.6. The average Bonchev–Trinajstić information content (AvgIpc) is 2.48. The Morgan fingerprint density at radius 3 is 2.50 bits per heavy atom. The highest BCUT2D eigenvalue weighted by molar-refractivity contribution is 8.00. The van der Waals surface area contributed by atoms with Gasteiger partial charge in [-0.3, -0.25) is 9.59 Å². The predicted molar refractivity (Wildman–Crippen MR) is 80.9 cm³/mol. The molecule has 2 fully saturated rings. The van der Waals surface area contributed by atoms with Gasteiger partial charge in [0.2, 0.25) is 5.91 Å². The standard InChI is InChI=1S/C15H25NO3S/c1-2-6-15(14(18)19)7-9-16(10-8-15)13(17)12-5-3-4-11-20-12/h12H,2-11H2,1H3,(H,18,19). The molecule has 2 saturated heterocycles. The Morgan fingerprint density at radius 1 is 1.30 bits per heavy atom. The van der Waals surface area contributed by atoms with E-state index in [1.165, 1.54) is 6.42 Å². The van der Waals surface area contributed by atoms with Gasteiger partial charge in [0.25, 0.3) is 0 Å². The largest absolute Gasteiger partial charge is 0.481 e. The van der Waals surface area contributed by atoms with Gasteiger partial charge in [-0.05, 0) is 37.9 Å². The summed E-state index contributed by atoms with van der Waals surface area (Å²) in [4.78, 5) is 25.9. The molecule has 1 amide bonds. The van der Waals surface area contributed by atoms with Crippen molar-refractivity contribution in [3.8, 4) is 0 Å². The Bertz CT molecular complexity index is 358. The van der Waals surface area contributed by atoms with Crippen LogP contribution in [0.1, 0.15) is 51.9 Å². The topological polar surface area (TPSA) is 57.6 Å². The molecule has 0 spiro atoms. The molecule has 2 heterocycles. The van der Waals surface area contributed by atoms with Gasteiger partial charge in [-0.25, -0.2) is 0 Å². The van der Waals surface area contributed by atoms with Gasteiger partial charge in [0, 0.05) is 13.1 Å². The highest BCUT2D eigenvalue weighted by atomic mass is 32.2. The van der Waals surface area contributed by atoms with E-state index in [2.05, 4.69) is 0 Å². The fourth-order valence-electron chi connectivity index (χ4n) is 3.34. The van der Waals surface area contributed by atoms with E-state index >= 15 is 0 Å². The van der Waals surface area contributed by atoms with Crippen LogP contribution >= 0.6 is 11.8 Å². The van der Waals surface area contributed by atoms with E-state index in [1.54, 1.807) is 11.8 Å². The second-order valence-corrected chi connectivity index (χ2v) is 7.33. The normalized spacial score (nSPS) is 26.2. The first-order chi connectivity index (χ1) is 9.59. The van der Waals surface area contributed by atoms with Crippen molar-refractivity contribution in [2.75, 3.05) is 18.8 Å². The van der Waals surface area contributed by atoms with Crippen molar-refractivity contribution in [1.29, 1.82) is 0 Å². The number of likely N-dealkylation sites (tertiary alicyclic amines) is 1. The Hall–Kier alpha value is -0.710. The number of piperidine rings is 1. The number of nitrogens with zero attached hydrogens (tertiary/aromatic N) is 1. The van der Waals surface area contributed by atoms with Crippen molar-refractivity contribution in [3.63, 3.8) is 0 Å². The highest BCUT2D eigenvalue weighted by Crippen LogP contribution is 2.37. The molecule has 1 atom stereocenters. The number of hydrogen-bond acceptors (Lipinski definition) is 3. The molecule has 0 aromatic heterocycles. The molecule has 0 radical (unpaired) electrons. The first-order valence-corrected chi connectivity index (χ1v) is 8.78. The van der Waals surface area contributed by atoms with Gasteiger partial charge in [-0.2, -0.15) is 0 Å². The molecule has 0 aromatic carbocycles. The van der Waals surface area contributed by atoms with Crippen LogP contribution < -0.4 is 0 Å². The summed E-state index contributed by atoms with van der Waals surface area (Å²) in [6.07, 6.45) is 6.18. The van der Waals surface area contributed by atoms with Crippen LogP contribution in [-0.2, 0) is 9.59 Å². The molecule has 114 valence electrons. The number of thioether (sulfide) groups is 1. The Kier molecular flexibility index (Phi) is 5.35. The highest BCUT2D eigenvalue weighted by Gasteiger charge is 2.42. The number of carbonyl (C=O) groups excluding carboxylic acids is 1. The predicted octanol–water partition coefficient (Wildman–Crippen LogP) is 2.77. The second kappa shape index (κ2) is 6.83. The first-order valence-electron chi connectivity index (χ1n) is 7.73. The lowest BCUT2D eigenvalue weighted by Gasteiger charge is -2.40. The van der Waals surface area contributed by atoms with E-state index in [1.807, 2.05) is 11.8 Å². The molecule has 1 N–H and O–H groups in total. The summed E-state index contributed by atoms with van der Waals surface area (Å²) in [5, 5.41) is 9.60. The maximum atomic E-state index is 12.4. The molecule has 4 nitrogen and oxygen atoms in total. The third kappa shape index (κ3) is 3.30. The van der Waals surface area contributed by atoms with Gasteiger partial charge in [0.05, 0.1) is 10.7 Å². The fourth-order valence-corrected chi connectivity index (χ4v) is 4.62. The summed E-state index contributed by atoms with van der Waals surface area (Å²) in [7, 11) is 0. The SMILES string of the molecule is CCCC1(C(=O)O)CCN(C(=O)C2CCCCS2)CC1. The smallest absolute Gasteiger partial charge is 0.309 e. The fraction of sp³-hybridized carbons (Fsp3) is 0.867. The maximum absolute atomic E-state index is 12.4. The lowest BCUT2D eigenvalue weighted by Crippen LogP contribution is -2.49. The monoisotopic (exact) mass is 299 g/mol. The zero-order valence-corrected chi connectivity index (χ0v) is 13.1. The second-order valence-electron chi connectivity index (χ2n) is 6.02. The summed E-state index contributed by atoms with van der Waals surface area (Å²) in [6.45, 7) is 3.26. The number of aliphatic carboxylic acids is 1. The number of amides is 1. The number of carbonyl (C=O) groups is 2. The van der Waals surface area contributed by atoms with Crippen molar-refractivity contribution in [2.24, 2.45) is 5.41 Å². The molecule has 0 saturated carbocycles. The van der Waals surface area contributed by atoms with E-state index in [9.17, 15) is 14.7 Å². The number of carboxylic acid groups (broad SMARTS) is 1. The number of carboxylic acids is 1. The molecule has 0 aliphatic carbocycles. The summed E-state index contributed by atoms with van der Waals surface area (Å²) in [5.41, 5.74) is -0.592. The van der Waals surface area contributed by atoms with Gasteiger partial charge < -0.3 is 10.0 Å². The van der Waals surface area contributed by atoms with Gasteiger partial charge in [-0.15, -0.1) is 11.8 Å². The minimum Gasteiger partial charge on any atom is -0.481 e. The summed E-state index contributed by atoms with van der Waals surface area (Å²) >= 11 is 1.77. The minimum atomic E-state index is -0.682. The van der Waals surface area contributed by atoms with E-state index in [0.29, 0.717) is 25.9 Å². The molecule has 2 rings (SSSR count). The van der Waals surface area contributed by atoms with Crippen LogP contribution in [0.2, 0.25) is 0 Å². The summed E-state index contributed by atoms with van der Waals surface area (Å²) in [5.74, 6) is 0.641. The minimum absolute atomic E-state index is 0.118. The third-order valence-corrected chi connectivity index (χ3v) is 6.03. The third-order valence-electron chi connectivity index (χ3n) is 4.67. The zero-order valence-electron chi connectivity index (χ0n) is 12.3. The van der Waals surface area contributed by atoms with E-state index in [0.717, 1.165) is 31.4 Å². The van der Waals surface area contributed by atoms with Crippen LogP contribution in [0, 0.1) is 5.41 Å². The van der Waals surface area contributed by atoms with E-state index < -0.39 is 11.4 Å². The van der Waals surface area contributed by atoms with Crippen molar-refractivity contribution in [2.45, 2.75) is 57.1 Å². The molecule has 0 bridgehead atoms. The van der Waals surface area contributed by atoms with Gasteiger partial charge >= 0.3 is 5.97 Å².